The zero-order chi connectivity index (χ0) is 21.4. The highest BCUT2D eigenvalue weighted by Crippen LogP contribution is 2.26. The second kappa shape index (κ2) is 7.88. The Hall–Kier alpha value is -3.65. The Balaban J connectivity index is 1.68. The third-order valence-electron chi connectivity index (χ3n) is 5.01. The second-order valence-corrected chi connectivity index (χ2v) is 7.83. The lowest BCUT2D eigenvalue weighted by Crippen LogP contribution is -2.21. The highest BCUT2D eigenvalue weighted by atomic mass is 32.2. The predicted octanol–water partition coefficient (Wildman–Crippen LogP) is 4.47. The van der Waals surface area contributed by atoms with Gasteiger partial charge in [-0.1, -0.05) is 36.0 Å². The van der Waals surface area contributed by atoms with Crippen molar-refractivity contribution in [3.8, 4) is 11.4 Å². The number of ether oxygens (including phenoxy) is 1. The molecule has 0 amide bonds. The molecule has 0 unspecified atom stereocenters. The summed E-state index contributed by atoms with van der Waals surface area (Å²) in [6.45, 7) is 0. The minimum absolute atomic E-state index is 0.171. The van der Waals surface area contributed by atoms with E-state index in [-0.39, 0.29) is 11.4 Å². The lowest BCUT2D eigenvalue weighted by molar-refractivity contribution is 0.414. The zero-order valence-electron chi connectivity index (χ0n) is 16.5. The van der Waals surface area contributed by atoms with E-state index < -0.39 is 0 Å². The quantitative estimate of drug-likeness (QED) is 0.384. The van der Waals surface area contributed by atoms with Crippen LogP contribution < -0.4 is 10.3 Å². The molecule has 0 aliphatic rings. The topological polar surface area (TPSA) is 61.4 Å². The van der Waals surface area contributed by atoms with Crippen molar-refractivity contribution in [1.82, 2.24) is 19.2 Å². The van der Waals surface area contributed by atoms with Gasteiger partial charge in [0, 0.05) is 5.75 Å². The summed E-state index contributed by atoms with van der Waals surface area (Å²) in [5.41, 5.74) is 2.20. The van der Waals surface area contributed by atoms with Gasteiger partial charge in [-0.05, 0) is 54.1 Å². The molecule has 0 radical (unpaired) electrons. The van der Waals surface area contributed by atoms with Crippen molar-refractivity contribution >= 4 is 28.4 Å². The van der Waals surface area contributed by atoms with Gasteiger partial charge in [0.1, 0.15) is 11.6 Å². The van der Waals surface area contributed by atoms with Gasteiger partial charge < -0.3 is 4.74 Å². The number of hydrogen-bond donors (Lipinski definition) is 0. The molecule has 6 nitrogen and oxygen atoms in total. The van der Waals surface area contributed by atoms with Crippen molar-refractivity contribution in [2.75, 3.05) is 7.11 Å². The van der Waals surface area contributed by atoms with E-state index in [9.17, 15) is 9.18 Å². The first kappa shape index (κ1) is 19.3. The van der Waals surface area contributed by atoms with E-state index in [1.807, 2.05) is 34.7 Å². The van der Waals surface area contributed by atoms with Gasteiger partial charge in [0.05, 0.1) is 23.7 Å². The van der Waals surface area contributed by atoms with Crippen LogP contribution >= 0.6 is 11.8 Å². The van der Waals surface area contributed by atoms with Crippen LogP contribution in [0.25, 0.3) is 22.4 Å². The third-order valence-corrected chi connectivity index (χ3v) is 6.01. The molecule has 0 saturated carbocycles. The number of fused-ring (bicyclic) bond motifs is 3. The van der Waals surface area contributed by atoms with Crippen molar-refractivity contribution in [2.24, 2.45) is 0 Å². The molecule has 0 aliphatic carbocycles. The van der Waals surface area contributed by atoms with E-state index in [0.29, 0.717) is 33.5 Å². The Kier molecular flexibility index (Phi) is 4.91. The van der Waals surface area contributed by atoms with Crippen LogP contribution in [0.5, 0.6) is 5.75 Å². The molecule has 0 atom stereocenters. The first-order chi connectivity index (χ1) is 15.2. The van der Waals surface area contributed by atoms with Crippen molar-refractivity contribution < 1.29 is 9.13 Å². The van der Waals surface area contributed by atoms with Crippen LogP contribution in [0, 0.1) is 5.82 Å². The summed E-state index contributed by atoms with van der Waals surface area (Å²) in [4.78, 5) is 13.3. The van der Waals surface area contributed by atoms with E-state index in [2.05, 4.69) is 10.2 Å². The number of nitrogens with zero attached hydrogens (tertiary/aromatic N) is 4. The summed E-state index contributed by atoms with van der Waals surface area (Å²) in [5, 5.41) is 9.91. The number of rotatable bonds is 5. The first-order valence-electron chi connectivity index (χ1n) is 9.56. The third kappa shape index (κ3) is 3.44. The molecule has 8 heteroatoms. The molecular weight excluding hydrogens is 415 g/mol. The molecular formula is C23H17FN4O2S. The fourth-order valence-corrected chi connectivity index (χ4v) is 4.36. The molecule has 0 aliphatic heterocycles. The number of thioether (sulfide) groups is 1. The Morgan fingerprint density at radius 2 is 1.71 bits per heavy atom. The normalized spacial score (nSPS) is 11.3. The van der Waals surface area contributed by atoms with Crippen LogP contribution in [0.2, 0.25) is 0 Å². The average Bonchev–Trinajstić information content (AvgIpc) is 3.23. The van der Waals surface area contributed by atoms with Gasteiger partial charge in [0.25, 0.3) is 5.56 Å². The number of benzene rings is 3. The maximum Gasteiger partial charge on any atom is 0.267 e. The van der Waals surface area contributed by atoms with Crippen molar-refractivity contribution in [3.63, 3.8) is 0 Å². The number of hydrogen-bond acceptors (Lipinski definition) is 5. The van der Waals surface area contributed by atoms with Crippen LogP contribution in [0.3, 0.4) is 0 Å². The van der Waals surface area contributed by atoms with E-state index >= 15 is 0 Å². The summed E-state index contributed by atoms with van der Waals surface area (Å²) in [5.74, 6) is 1.45. The van der Waals surface area contributed by atoms with Gasteiger partial charge >= 0.3 is 0 Å². The van der Waals surface area contributed by atoms with Gasteiger partial charge in [-0.15, -0.1) is 10.2 Å². The summed E-state index contributed by atoms with van der Waals surface area (Å²) in [6, 6.07) is 21.0. The minimum Gasteiger partial charge on any atom is -0.497 e. The summed E-state index contributed by atoms with van der Waals surface area (Å²) < 4.78 is 21.9. The molecule has 0 fully saturated rings. The number of aromatic nitrogens is 4. The molecule has 5 rings (SSSR count). The number of halogens is 1. The second-order valence-electron chi connectivity index (χ2n) is 6.89. The largest absolute Gasteiger partial charge is 0.497 e. The van der Waals surface area contributed by atoms with Crippen LogP contribution in [-0.2, 0) is 5.75 Å². The molecule has 31 heavy (non-hydrogen) atoms. The first-order valence-corrected chi connectivity index (χ1v) is 10.5. The van der Waals surface area contributed by atoms with E-state index in [1.54, 1.807) is 42.0 Å². The lowest BCUT2D eigenvalue weighted by atomic mass is 10.2. The molecule has 2 heterocycles. The van der Waals surface area contributed by atoms with Gasteiger partial charge in [-0.3, -0.25) is 9.20 Å². The molecule has 5 aromatic rings. The molecule has 0 N–H and O–H groups in total. The van der Waals surface area contributed by atoms with Gasteiger partial charge in [0.2, 0.25) is 5.78 Å². The molecule has 0 saturated heterocycles. The van der Waals surface area contributed by atoms with Crippen LogP contribution in [0.4, 0.5) is 4.39 Å². The SMILES string of the molecule is COc1ccc(-n2c(=O)c3ccccc3n3c(SCc4ccc(F)cc4)nnc23)cc1. The summed E-state index contributed by atoms with van der Waals surface area (Å²) in [7, 11) is 1.60. The Labute approximate surface area is 180 Å². The number of methoxy groups -OCH3 is 1. The standard InChI is InChI=1S/C23H17FN4O2S/c1-30-18-12-10-17(11-13-18)27-21(29)19-4-2-3-5-20(19)28-22(27)25-26-23(28)31-14-15-6-8-16(24)9-7-15/h2-13H,14H2,1H3. The Morgan fingerprint density at radius 3 is 2.45 bits per heavy atom. The lowest BCUT2D eigenvalue weighted by Gasteiger charge is -2.12. The van der Waals surface area contributed by atoms with Crippen LogP contribution in [0.1, 0.15) is 5.56 Å². The molecule has 3 aromatic carbocycles. The van der Waals surface area contributed by atoms with Gasteiger partial charge in [0.15, 0.2) is 5.16 Å². The maximum atomic E-state index is 13.3. The van der Waals surface area contributed by atoms with Gasteiger partial charge in [-0.25, -0.2) is 8.96 Å². The van der Waals surface area contributed by atoms with Crippen LogP contribution in [0.15, 0.2) is 82.7 Å². The van der Waals surface area contributed by atoms with E-state index in [0.717, 1.165) is 11.1 Å². The van der Waals surface area contributed by atoms with Crippen molar-refractivity contribution in [2.45, 2.75) is 10.9 Å². The summed E-state index contributed by atoms with van der Waals surface area (Å²) in [6.07, 6.45) is 0. The highest BCUT2D eigenvalue weighted by Gasteiger charge is 2.18. The Bertz CT molecular complexity index is 1440. The molecule has 0 spiro atoms. The fraction of sp³-hybridized carbons (Fsp3) is 0.0870. The average molecular weight is 432 g/mol. The van der Waals surface area contributed by atoms with E-state index in [4.69, 9.17) is 4.74 Å². The predicted molar refractivity (Wildman–Crippen MR) is 119 cm³/mol. The summed E-state index contributed by atoms with van der Waals surface area (Å²) >= 11 is 1.48. The zero-order valence-corrected chi connectivity index (χ0v) is 17.3. The monoisotopic (exact) mass is 432 g/mol. The molecule has 0 bridgehead atoms. The fourth-order valence-electron chi connectivity index (χ4n) is 3.46. The van der Waals surface area contributed by atoms with Gasteiger partial charge in [-0.2, -0.15) is 0 Å². The van der Waals surface area contributed by atoms with Crippen LogP contribution in [-0.4, -0.2) is 26.3 Å². The smallest absolute Gasteiger partial charge is 0.267 e. The highest BCUT2D eigenvalue weighted by molar-refractivity contribution is 7.98. The van der Waals surface area contributed by atoms with Crippen molar-refractivity contribution in [3.05, 3.63) is 94.5 Å². The Morgan fingerprint density at radius 1 is 0.968 bits per heavy atom. The minimum atomic E-state index is -0.267. The molecule has 2 aromatic heterocycles. The van der Waals surface area contributed by atoms with E-state index in [1.165, 1.54) is 23.9 Å². The maximum absolute atomic E-state index is 13.3. The van der Waals surface area contributed by atoms with Crippen molar-refractivity contribution in [1.29, 1.82) is 0 Å². The number of para-hydroxylation sites is 1. The molecule has 154 valence electrons.